The summed E-state index contributed by atoms with van der Waals surface area (Å²) >= 11 is 3.26. The number of hydrogen-bond donors (Lipinski definition) is 1. The number of aromatic amines is 1. The number of rotatable bonds is 1. The van der Waals surface area contributed by atoms with Crippen LogP contribution in [0.2, 0.25) is 0 Å². The summed E-state index contributed by atoms with van der Waals surface area (Å²) in [6.45, 7) is 0. The Morgan fingerprint density at radius 3 is 3.00 bits per heavy atom. The fourth-order valence-electron chi connectivity index (χ4n) is 1.69. The van der Waals surface area contributed by atoms with Gasteiger partial charge in [-0.05, 0) is 34.1 Å². The molecule has 1 aromatic carbocycles. The third kappa shape index (κ3) is 1.63. The van der Waals surface area contributed by atoms with E-state index in [0.29, 0.717) is 21.2 Å². The summed E-state index contributed by atoms with van der Waals surface area (Å²) in [6, 6.07) is 4.21. The minimum absolute atomic E-state index is 0.260. The Kier molecular flexibility index (Phi) is 2.48. The first-order chi connectivity index (χ1) is 8.66. The van der Waals surface area contributed by atoms with E-state index >= 15 is 0 Å². The van der Waals surface area contributed by atoms with Gasteiger partial charge in [0.1, 0.15) is 11.2 Å². The lowest BCUT2D eigenvalue weighted by molar-refractivity contribution is 0.626. The predicted molar refractivity (Wildman–Crippen MR) is 67.1 cm³/mol. The summed E-state index contributed by atoms with van der Waals surface area (Å²) in [5.41, 5.74) is 0.778. The molecule has 3 rings (SSSR count). The SMILES string of the molecule is O=c1[nH]cnc2c1cnn2-c1ccc(F)cc1Br. The Bertz CT molecular complexity index is 795. The molecule has 3 aromatic rings. The summed E-state index contributed by atoms with van der Waals surface area (Å²) in [5, 5.41) is 4.48. The highest BCUT2D eigenvalue weighted by Gasteiger charge is 2.11. The van der Waals surface area contributed by atoms with Crippen molar-refractivity contribution in [2.75, 3.05) is 0 Å². The first kappa shape index (κ1) is 11.1. The second-order valence-electron chi connectivity index (χ2n) is 3.62. The minimum atomic E-state index is -0.354. The lowest BCUT2D eigenvalue weighted by Crippen LogP contribution is -2.06. The molecule has 7 heteroatoms. The van der Waals surface area contributed by atoms with E-state index in [1.54, 1.807) is 6.07 Å². The van der Waals surface area contributed by atoms with E-state index in [2.05, 4.69) is 31.0 Å². The molecular weight excluding hydrogens is 303 g/mol. The molecule has 90 valence electrons. The molecule has 2 aromatic heterocycles. The molecule has 18 heavy (non-hydrogen) atoms. The zero-order valence-electron chi connectivity index (χ0n) is 8.89. The molecule has 0 bridgehead atoms. The van der Waals surface area contributed by atoms with Crippen LogP contribution >= 0.6 is 15.9 Å². The average molecular weight is 309 g/mol. The summed E-state index contributed by atoms with van der Waals surface area (Å²) in [5.74, 6) is -0.354. The number of nitrogens with zero attached hydrogens (tertiary/aromatic N) is 3. The van der Waals surface area contributed by atoms with E-state index in [9.17, 15) is 9.18 Å². The van der Waals surface area contributed by atoms with Gasteiger partial charge in [0.05, 0.1) is 18.2 Å². The van der Waals surface area contributed by atoms with Crippen LogP contribution < -0.4 is 5.56 Å². The van der Waals surface area contributed by atoms with E-state index in [1.807, 2.05) is 0 Å². The number of hydrogen-bond acceptors (Lipinski definition) is 3. The molecular formula is C11H6BrFN4O. The molecule has 0 atom stereocenters. The number of halogens is 2. The van der Waals surface area contributed by atoms with Gasteiger partial charge < -0.3 is 4.98 Å². The highest BCUT2D eigenvalue weighted by Crippen LogP contribution is 2.23. The molecule has 0 amide bonds. The van der Waals surface area contributed by atoms with Crippen LogP contribution in [0.1, 0.15) is 0 Å². The summed E-state index contributed by atoms with van der Waals surface area (Å²) in [7, 11) is 0. The van der Waals surface area contributed by atoms with Crippen LogP contribution in [0, 0.1) is 5.82 Å². The second kappa shape index (κ2) is 4.02. The largest absolute Gasteiger partial charge is 0.312 e. The van der Waals surface area contributed by atoms with Crippen LogP contribution in [-0.2, 0) is 0 Å². The summed E-state index contributed by atoms with van der Waals surface area (Å²) < 4.78 is 15.1. The monoisotopic (exact) mass is 308 g/mol. The van der Waals surface area contributed by atoms with Gasteiger partial charge in [-0.25, -0.2) is 14.1 Å². The molecule has 0 unspecified atom stereocenters. The average Bonchev–Trinajstić information content (AvgIpc) is 2.74. The van der Waals surface area contributed by atoms with Crippen molar-refractivity contribution < 1.29 is 4.39 Å². The van der Waals surface area contributed by atoms with Crippen LogP contribution in [0.15, 0.2) is 40.0 Å². The second-order valence-corrected chi connectivity index (χ2v) is 4.48. The van der Waals surface area contributed by atoms with Crippen molar-refractivity contribution in [3.8, 4) is 5.69 Å². The quantitative estimate of drug-likeness (QED) is 0.748. The molecule has 1 N–H and O–H groups in total. The van der Waals surface area contributed by atoms with Crippen LogP contribution in [-0.4, -0.2) is 19.7 Å². The first-order valence-corrected chi connectivity index (χ1v) is 5.83. The molecule has 0 spiro atoms. The molecule has 0 saturated carbocycles. The third-order valence-corrected chi connectivity index (χ3v) is 3.14. The van der Waals surface area contributed by atoms with Crippen molar-refractivity contribution in [2.24, 2.45) is 0 Å². The van der Waals surface area contributed by atoms with Gasteiger partial charge >= 0.3 is 0 Å². The van der Waals surface area contributed by atoms with Gasteiger partial charge in [0.15, 0.2) is 5.65 Å². The minimum Gasteiger partial charge on any atom is -0.312 e. The van der Waals surface area contributed by atoms with Crippen molar-refractivity contribution in [1.82, 2.24) is 19.7 Å². The van der Waals surface area contributed by atoms with Crippen molar-refractivity contribution in [1.29, 1.82) is 0 Å². The van der Waals surface area contributed by atoms with E-state index in [-0.39, 0.29) is 11.4 Å². The van der Waals surface area contributed by atoms with Crippen LogP contribution in [0.3, 0.4) is 0 Å². The van der Waals surface area contributed by atoms with E-state index in [4.69, 9.17) is 0 Å². The zero-order valence-corrected chi connectivity index (χ0v) is 10.5. The van der Waals surface area contributed by atoms with E-state index in [0.717, 1.165) is 0 Å². The molecule has 0 fully saturated rings. The summed E-state index contributed by atoms with van der Waals surface area (Å²) in [6.07, 6.45) is 2.73. The third-order valence-electron chi connectivity index (χ3n) is 2.51. The number of fused-ring (bicyclic) bond motifs is 1. The Morgan fingerprint density at radius 1 is 1.39 bits per heavy atom. The standard InChI is InChI=1S/C11H6BrFN4O/c12-8-3-6(13)1-2-9(8)17-10-7(4-16-17)11(18)15-5-14-10/h1-5H,(H,14,15,18). The molecule has 2 heterocycles. The van der Waals surface area contributed by atoms with Crippen molar-refractivity contribution >= 4 is 27.0 Å². The first-order valence-electron chi connectivity index (χ1n) is 5.03. The molecule has 0 saturated heterocycles. The normalized spacial score (nSPS) is 11.0. The van der Waals surface area contributed by atoms with Crippen molar-refractivity contribution in [3.63, 3.8) is 0 Å². The highest BCUT2D eigenvalue weighted by molar-refractivity contribution is 9.10. The lowest BCUT2D eigenvalue weighted by Gasteiger charge is -2.05. The topological polar surface area (TPSA) is 63.6 Å². The maximum atomic E-state index is 13.0. The van der Waals surface area contributed by atoms with Gasteiger partial charge in [-0.15, -0.1) is 0 Å². The fourth-order valence-corrected chi connectivity index (χ4v) is 2.20. The Hall–Kier alpha value is -2.02. The highest BCUT2D eigenvalue weighted by atomic mass is 79.9. The van der Waals surface area contributed by atoms with Gasteiger partial charge in [-0.2, -0.15) is 5.10 Å². The van der Waals surface area contributed by atoms with Crippen LogP contribution in [0.4, 0.5) is 4.39 Å². The number of aromatic nitrogens is 4. The number of benzene rings is 1. The maximum Gasteiger partial charge on any atom is 0.261 e. The van der Waals surface area contributed by atoms with Gasteiger partial charge in [-0.3, -0.25) is 4.79 Å². The maximum absolute atomic E-state index is 13.0. The molecule has 0 aliphatic rings. The van der Waals surface area contributed by atoms with Crippen LogP contribution in [0.5, 0.6) is 0 Å². The number of nitrogens with one attached hydrogen (secondary N) is 1. The predicted octanol–water partition coefficient (Wildman–Crippen LogP) is 2.01. The van der Waals surface area contributed by atoms with Gasteiger partial charge in [0.25, 0.3) is 5.56 Å². The smallest absolute Gasteiger partial charge is 0.261 e. The molecule has 5 nitrogen and oxygen atoms in total. The van der Waals surface area contributed by atoms with E-state index < -0.39 is 0 Å². The van der Waals surface area contributed by atoms with Crippen molar-refractivity contribution in [2.45, 2.75) is 0 Å². The van der Waals surface area contributed by atoms with Gasteiger partial charge in [-0.1, -0.05) is 0 Å². The van der Waals surface area contributed by atoms with E-state index in [1.165, 1.54) is 29.3 Å². The molecule has 0 aliphatic heterocycles. The molecule has 0 radical (unpaired) electrons. The zero-order chi connectivity index (χ0) is 12.7. The summed E-state index contributed by atoms with van der Waals surface area (Å²) in [4.78, 5) is 18.1. The molecule has 0 aliphatic carbocycles. The number of H-pyrrole nitrogens is 1. The lowest BCUT2D eigenvalue weighted by atomic mass is 10.3. The van der Waals surface area contributed by atoms with Gasteiger partial charge in [0.2, 0.25) is 0 Å². The Labute approximate surface area is 108 Å². The fraction of sp³-hybridized carbons (Fsp3) is 0. The Morgan fingerprint density at radius 2 is 2.22 bits per heavy atom. The Balaban J connectivity index is 2.32. The van der Waals surface area contributed by atoms with Crippen LogP contribution in [0.25, 0.3) is 16.7 Å². The van der Waals surface area contributed by atoms with Gasteiger partial charge in [0, 0.05) is 4.47 Å². The van der Waals surface area contributed by atoms with Crippen molar-refractivity contribution in [3.05, 3.63) is 51.4 Å².